The highest BCUT2D eigenvalue weighted by atomic mass is 16.5. The summed E-state index contributed by atoms with van der Waals surface area (Å²) < 4.78 is 7.61. The van der Waals surface area contributed by atoms with Crippen LogP contribution in [0.4, 0.5) is 0 Å². The van der Waals surface area contributed by atoms with Crippen LogP contribution in [0.5, 0.6) is 0 Å². The molecule has 1 aromatic heterocycles. The van der Waals surface area contributed by atoms with Crippen molar-refractivity contribution in [3.8, 4) is 0 Å². The predicted octanol–water partition coefficient (Wildman–Crippen LogP) is 1.37. The van der Waals surface area contributed by atoms with Crippen LogP contribution in [0.25, 0.3) is 0 Å². The van der Waals surface area contributed by atoms with Gasteiger partial charge in [-0.15, -0.1) is 0 Å². The average molecular weight is 266 g/mol. The van der Waals surface area contributed by atoms with Crippen LogP contribution in [-0.2, 0) is 18.2 Å². The smallest absolute Gasteiger partial charge is 0.0628 e. The van der Waals surface area contributed by atoms with Crippen LogP contribution in [0, 0.1) is 13.8 Å². The second-order valence-corrected chi connectivity index (χ2v) is 5.55. The molecule has 1 aromatic rings. The first-order valence-electron chi connectivity index (χ1n) is 7.18. The molecule has 2 heterocycles. The maximum Gasteiger partial charge on any atom is 0.0628 e. The molecule has 0 amide bonds. The summed E-state index contributed by atoms with van der Waals surface area (Å²) in [5.74, 6) is 5.69. The van der Waals surface area contributed by atoms with E-state index in [1.54, 1.807) is 0 Å². The number of rotatable bonds is 6. The van der Waals surface area contributed by atoms with Gasteiger partial charge >= 0.3 is 0 Å². The van der Waals surface area contributed by atoms with Crippen molar-refractivity contribution in [1.82, 2.24) is 15.2 Å². The number of aromatic nitrogens is 2. The summed E-state index contributed by atoms with van der Waals surface area (Å²) >= 11 is 0. The summed E-state index contributed by atoms with van der Waals surface area (Å²) in [6.07, 6.45) is 5.91. The third-order valence-electron chi connectivity index (χ3n) is 4.21. The van der Waals surface area contributed by atoms with E-state index < -0.39 is 0 Å². The van der Waals surface area contributed by atoms with E-state index in [0.29, 0.717) is 12.1 Å². The van der Waals surface area contributed by atoms with Gasteiger partial charge in [-0.3, -0.25) is 16.0 Å². The number of hydrogen-bond donors (Lipinski definition) is 2. The fourth-order valence-corrected chi connectivity index (χ4v) is 2.86. The zero-order valence-corrected chi connectivity index (χ0v) is 12.3. The van der Waals surface area contributed by atoms with Gasteiger partial charge in [-0.05, 0) is 51.5 Å². The Kier molecular flexibility index (Phi) is 4.96. The third kappa shape index (κ3) is 3.55. The van der Waals surface area contributed by atoms with E-state index in [0.717, 1.165) is 31.6 Å². The van der Waals surface area contributed by atoms with Crippen LogP contribution >= 0.6 is 0 Å². The van der Waals surface area contributed by atoms with Crippen LogP contribution in [0.2, 0.25) is 0 Å². The summed E-state index contributed by atoms with van der Waals surface area (Å²) in [7, 11) is 1.99. The van der Waals surface area contributed by atoms with E-state index >= 15 is 0 Å². The molecule has 0 radical (unpaired) electrons. The lowest BCUT2D eigenvalue weighted by atomic mass is 9.98. The van der Waals surface area contributed by atoms with Crippen LogP contribution < -0.4 is 11.3 Å². The largest absolute Gasteiger partial charge is 0.378 e. The number of nitrogens with two attached hydrogens (primary N) is 1. The van der Waals surface area contributed by atoms with E-state index in [1.807, 2.05) is 11.7 Å². The van der Waals surface area contributed by atoms with Crippen molar-refractivity contribution >= 4 is 0 Å². The standard InChI is InChI=1S/C14H26N4O/c1-10-14(11(2)18(3)17-10)9-12(16-15)6-7-13-5-4-8-19-13/h12-13,16H,4-9,15H2,1-3H3. The van der Waals surface area contributed by atoms with Crippen molar-refractivity contribution in [3.05, 3.63) is 17.0 Å². The number of aryl methyl sites for hydroxylation is 2. The van der Waals surface area contributed by atoms with Gasteiger partial charge in [0.1, 0.15) is 0 Å². The lowest BCUT2D eigenvalue weighted by Crippen LogP contribution is -2.37. The maximum atomic E-state index is 5.69. The summed E-state index contributed by atoms with van der Waals surface area (Å²) in [4.78, 5) is 0. The van der Waals surface area contributed by atoms with Gasteiger partial charge in [0.15, 0.2) is 0 Å². The molecule has 108 valence electrons. The van der Waals surface area contributed by atoms with Gasteiger partial charge in [0.2, 0.25) is 0 Å². The lowest BCUT2D eigenvalue weighted by Gasteiger charge is -2.18. The summed E-state index contributed by atoms with van der Waals surface area (Å²) in [5.41, 5.74) is 6.60. The molecule has 0 aromatic carbocycles. The minimum Gasteiger partial charge on any atom is -0.378 e. The van der Waals surface area contributed by atoms with Gasteiger partial charge in [-0.2, -0.15) is 5.10 Å². The number of hydrazine groups is 1. The lowest BCUT2D eigenvalue weighted by molar-refractivity contribution is 0.0996. The molecule has 2 rings (SSSR count). The molecule has 1 saturated heterocycles. The van der Waals surface area contributed by atoms with Crippen molar-refractivity contribution in [2.75, 3.05) is 6.61 Å². The van der Waals surface area contributed by atoms with E-state index in [1.165, 1.54) is 24.1 Å². The van der Waals surface area contributed by atoms with Crippen molar-refractivity contribution in [3.63, 3.8) is 0 Å². The van der Waals surface area contributed by atoms with Gasteiger partial charge < -0.3 is 4.74 Å². The second-order valence-electron chi connectivity index (χ2n) is 5.55. The number of nitrogens with zero attached hydrogens (tertiary/aromatic N) is 2. The van der Waals surface area contributed by atoms with E-state index in [4.69, 9.17) is 10.6 Å². The number of ether oxygens (including phenoxy) is 1. The molecule has 1 fully saturated rings. The Labute approximate surface area is 115 Å². The third-order valence-corrected chi connectivity index (χ3v) is 4.21. The molecule has 5 nitrogen and oxygen atoms in total. The topological polar surface area (TPSA) is 65.1 Å². The van der Waals surface area contributed by atoms with Crippen molar-refractivity contribution < 1.29 is 4.74 Å². The Morgan fingerprint density at radius 1 is 1.53 bits per heavy atom. The summed E-state index contributed by atoms with van der Waals surface area (Å²) in [5, 5.41) is 4.46. The van der Waals surface area contributed by atoms with E-state index in [-0.39, 0.29) is 0 Å². The van der Waals surface area contributed by atoms with Crippen molar-refractivity contribution in [2.24, 2.45) is 12.9 Å². The second kappa shape index (κ2) is 6.50. The fraction of sp³-hybridized carbons (Fsp3) is 0.786. The highest BCUT2D eigenvalue weighted by Crippen LogP contribution is 2.20. The van der Waals surface area contributed by atoms with Gasteiger partial charge in [0, 0.05) is 25.4 Å². The van der Waals surface area contributed by atoms with Crippen LogP contribution in [0.3, 0.4) is 0 Å². The number of nitrogens with one attached hydrogen (secondary N) is 1. The minimum atomic E-state index is 0.297. The highest BCUT2D eigenvalue weighted by Gasteiger charge is 2.19. The normalized spacial score (nSPS) is 20.9. The molecule has 0 saturated carbocycles. The Bertz CT molecular complexity index is 410. The fourth-order valence-electron chi connectivity index (χ4n) is 2.86. The first-order valence-corrected chi connectivity index (χ1v) is 7.18. The van der Waals surface area contributed by atoms with E-state index in [9.17, 15) is 0 Å². The van der Waals surface area contributed by atoms with Crippen molar-refractivity contribution in [1.29, 1.82) is 0 Å². The molecule has 19 heavy (non-hydrogen) atoms. The summed E-state index contributed by atoms with van der Waals surface area (Å²) in [6, 6.07) is 0.297. The molecule has 5 heteroatoms. The zero-order chi connectivity index (χ0) is 13.8. The molecule has 3 N–H and O–H groups in total. The van der Waals surface area contributed by atoms with Gasteiger partial charge in [-0.25, -0.2) is 0 Å². The average Bonchev–Trinajstić information content (AvgIpc) is 2.98. The zero-order valence-electron chi connectivity index (χ0n) is 12.3. The molecule has 2 unspecified atom stereocenters. The van der Waals surface area contributed by atoms with Crippen LogP contribution in [-0.4, -0.2) is 28.5 Å². The van der Waals surface area contributed by atoms with E-state index in [2.05, 4.69) is 24.4 Å². The quantitative estimate of drug-likeness (QED) is 0.603. The number of hydrogen-bond acceptors (Lipinski definition) is 4. The first-order chi connectivity index (χ1) is 9.11. The van der Waals surface area contributed by atoms with Gasteiger partial charge in [0.25, 0.3) is 0 Å². The highest BCUT2D eigenvalue weighted by molar-refractivity contribution is 5.25. The molecular formula is C14H26N4O. The van der Waals surface area contributed by atoms with Crippen LogP contribution in [0.15, 0.2) is 0 Å². The molecule has 1 aliphatic rings. The Hall–Kier alpha value is -0.910. The molecular weight excluding hydrogens is 240 g/mol. The Morgan fingerprint density at radius 2 is 2.32 bits per heavy atom. The molecule has 2 atom stereocenters. The molecule has 0 aliphatic carbocycles. The predicted molar refractivity (Wildman–Crippen MR) is 75.7 cm³/mol. The monoisotopic (exact) mass is 266 g/mol. The Morgan fingerprint density at radius 3 is 2.84 bits per heavy atom. The first kappa shape index (κ1) is 14.5. The SMILES string of the molecule is Cc1nn(C)c(C)c1CC(CCC1CCCO1)NN. The molecule has 0 bridgehead atoms. The van der Waals surface area contributed by atoms with Crippen LogP contribution in [0.1, 0.15) is 42.6 Å². The van der Waals surface area contributed by atoms with Gasteiger partial charge in [-0.1, -0.05) is 0 Å². The summed E-state index contributed by atoms with van der Waals surface area (Å²) in [6.45, 7) is 5.10. The maximum absolute atomic E-state index is 5.69. The molecule has 1 aliphatic heterocycles. The van der Waals surface area contributed by atoms with Crippen molar-refractivity contribution in [2.45, 2.75) is 58.1 Å². The minimum absolute atomic E-state index is 0.297. The molecule has 0 spiro atoms. The van der Waals surface area contributed by atoms with Gasteiger partial charge in [0.05, 0.1) is 11.8 Å². The Balaban J connectivity index is 1.90.